The number of hydrogen-bond acceptors (Lipinski definition) is 7. The third kappa shape index (κ3) is 4.13. The Bertz CT molecular complexity index is 1080. The molecule has 0 spiro atoms. The van der Waals surface area contributed by atoms with Gasteiger partial charge >= 0.3 is 5.82 Å². The van der Waals surface area contributed by atoms with Crippen LogP contribution in [-0.2, 0) is 0 Å². The second-order valence-corrected chi connectivity index (χ2v) is 8.44. The molecule has 12 heteroatoms. The number of azo groups is 2. The van der Waals surface area contributed by atoms with Crippen molar-refractivity contribution in [2.24, 2.45) is 5.11 Å². The van der Waals surface area contributed by atoms with Gasteiger partial charge in [-0.1, -0.05) is 11.6 Å². The van der Waals surface area contributed by atoms with Gasteiger partial charge in [0.1, 0.15) is 29.0 Å². The number of nitrogens with zero attached hydrogens (tertiary/aromatic N) is 5. The van der Waals surface area contributed by atoms with Crippen molar-refractivity contribution in [3.8, 4) is 5.75 Å². The number of ether oxygens (including phenoxy) is 1. The zero-order chi connectivity index (χ0) is 23.9. The van der Waals surface area contributed by atoms with Crippen molar-refractivity contribution in [2.75, 3.05) is 38.6 Å². The highest BCUT2D eigenvalue weighted by Gasteiger charge is 2.44. The Balaban J connectivity index is 1.80. The highest BCUT2D eigenvalue weighted by molar-refractivity contribution is 6.31. The van der Waals surface area contributed by atoms with Gasteiger partial charge < -0.3 is 15.6 Å². The summed E-state index contributed by atoms with van der Waals surface area (Å²) in [6.07, 6.45) is -1.62. The van der Waals surface area contributed by atoms with E-state index in [0.29, 0.717) is 36.5 Å². The molecule has 2 aromatic rings. The average Bonchev–Trinajstić information content (AvgIpc) is 3.15. The maximum atomic E-state index is 15.2. The van der Waals surface area contributed by atoms with Crippen LogP contribution in [0.5, 0.6) is 5.75 Å². The number of rotatable bonds is 8. The molecule has 2 aliphatic heterocycles. The fourth-order valence-electron chi connectivity index (χ4n) is 4.41. The first kappa shape index (κ1) is 23.7. The SMILES string of the molecule is CCOc1c(C(C)[N+]2=NC(C(F)F)c3c(N)ncnc32)cc(Cl)c(F)c1C1CN(CCO)C1. The van der Waals surface area contributed by atoms with Crippen LogP contribution in [-0.4, -0.2) is 63.9 Å². The number of aliphatic hydroxyl groups excluding tert-OH is 1. The first-order valence-corrected chi connectivity index (χ1v) is 11.0. The molecule has 0 bridgehead atoms. The molecule has 0 aliphatic carbocycles. The summed E-state index contributed by atoms with van der Waals surface area (Å²) in [5.41, 5.74) is 6.76. The summed E-state index contributed by atoms with van der Waals surface area (Å²) in [6.45, 7) is 5.36. The second kappa shape index (κ2) is 9.40. The van der Waals surface area contributed by atoms with E-state index in [2.05, 4.69) is 15.1 Å². The van der Waals surface area contributed by atoms with Crippen LogP contribution in [0.3, 0.4) is 0 Å². The van der Waals surface area contributed by atoms with Crippen molar-refractivity contribution >= 4 is 23.2 Å². The Labute approximate surface area is 193 Å². The predicted octanol–water partition coefficient (Wildman–Crippen LogP) is 3.82. The molecule has 2 unspecified atom stereocenters. The highest BCUT2D eigenvalue weighted by atomic mass is 35.5. The minimum absolute atomic E-state index is 0.0114. The van der Waals surface area contributed by atoms with Gasteiger partial charge in [-0.25, -0.2) is 13.2 Å². The Hall–Kier alpha value is -2.50. The molecule has 1 aromatic carbocycles. The van der Waals surface area contributed by atoms with E-state index in [1.165, 1.54) is 17.1 Å². The fraction of sp³-hybridized carbons (Fsp3) is 0.524. The molecule has 2 atom stereocenters. The van der Waals surface area contributed by atoms with Crippen molar-refractivity contribution in [1.29, 1.82) is 0 Å². The Kier molecular flexibility index (Phi) is 6.73. The van der Waals surface area contributed by atoms with Crippen LogP contribution in [0.2, 0.25) is 5.02 Å². The maximum absolute atomic E-state index is 15.2. The molecule has 1 aromatic heterocycles. The predicted molar refractivity (Wildman–Crippen MR) is 115 cm³/mol. The van der Waals surface area contributed by atoms with Crippen molar-refractivity contribution in [1.82, 2.24) is 14.9 Å². The number of hydrogen-bond donors (Lipinski definition) is 2. The molecule has 1 saturated heterocycles. The van der Waals surface area contributed by atoms with Gasteiger partial charge in [0.25, 0.3) is 6.43 Å². The molecule has 3 N–H and O–H groups in total. The summed E-state index contributed by atoms with van der Waals surface area (Å²) in [4.78, 5) is 9.96. The smallest absolute Gasteiger partial charge is 0.354 e. The van der Waals surface area contributed by atoms with Gasteiger partial charge in [-0.15, -0.1) is 9.81 Å². The second-order valence-electron chi connectivity index (χ2n) is 8.03. The van der Waals surface area contributed by atoms with Crippen molar-refractivity contribution in [3.63, 3.8) is 0 Å². The monoisotopic (exact) mass is 485 g/mol. The van der Waals surface area contributed by atoms with Crippen molar-refractivity contribution in [2.45, 2.75) is 38.3 Å². The number of benzene rings is 1. The number of alkyl halides is 2. The third-order valence-corrected chi connectivity index (χ3v) is 6.29. The van der Waals surface area contributed by atoms with Crippen LogP contribution in [0.1, 0.15) is 48.5 Å². The van der Waals surface area contributed by atoms with Crippen LogP contribution >= 0.6 is 11.6 Å². The van der Waals surface area contributed by atoms with Gasteiger partial charge in [-0.05, 0) is 24.9 Å². The number of nitrogens with two attached hydrogens (primary N) is 1. The molecule has 0 amide bonds. The van der Waals surface area contributed by atoms with Crippen LogP contribution in [0.25, 0.3) is 0 Å². The van der Waals surface area contributed by atoms with E-state index in [1.54, 1.807) is 13.8 Å². The van der Waals surface area contributed by atoms with Crippen LogP contribution in [0.4, 0.5) is 24.8 Å². The van der Waals surface area contributed by atoms with Gasteiger partial charge in [-0.2, -0.15) is 4.98 Å². The van der Waals surface area contributed by atoms with E-state index in [-0.39, 0.29) is 41.4 Å². The minimum Gasteiger partial charge on any atom is -0.493 e. The summed E-state index contributed by atoms with van der Waals surface area (Å²) in [6, 6.07) is -0.725. The van der Waals surface area contributed by atoms with Crippen LogP contribution < -0.4 is 10.5 Å². The summed E-state index contributed by atoms with van der Waals surface area (Å²) < 4.78 is 49.9. The quantitative estimate of drug-likeness (QED) is 0.551. The number of aromatic nitrogens is 2. The van der Waals surface area contributed by atoms with E-state index < -0.39 is 24.3 Å². The van der Waals surface area contributed by atoms with Gasteiger partial charge in [0.2, 0.25) is 6.33 Å². The topological polar surface area (TPSA) is 99.9 Å². The molecule has 0 radical (unpaired) electrons. The molecule has 1 fully saturated rings. The molecule has 178 valence electrons. The summed E-state index contributed by atoms with van der Waals surface area (Å²) >= 11 is 6.27. The van der Waals surface area contributed by atoms with E-state index in [9.17, 15) is 8.78 Å². The zero-order valence-corrected chi connectivity index (χ0v) is 18.9. The average molecular weight is 486 g/mol. The van der Waals surface area contributed by atoms with E-state index >= 15 is 4.39 Å². The van der Waals surface area contributed by atoms with Gasteiger partial charge in [0, 0.05) is 36.7 Å². The van der Waals surface area contributed by atoms with Crippen molar-refractivity contribution < 1.29 is 27.7 Å². The number of halogens is 4. The third-order valence-electron chi connectivity index (χ3n) is 6.02. The summed E-state index contributed by atoms with van der Waals surface area (Å²) in [5.74, 6) is -0.328. The van der Waals surface area contributed by atoms with Gasteiger partial charge in [0.05, 0.1) is 18.2 Å². The Morgan fingerprint density at radius 2 is 2.06 bits per heavy atom. The number of likely N-dealkylation sites (tertiary alicyclic amines) is 1. The molecule has 2 aliphatic rings. The fourth-order valence-corrected chi connectivity index (χ4v) is 4.63. The lowest BCUT2D eigenvalue weighted by Crippen LogP contribution is -2.46. The van der Waals surface area contributed by atoms with Crippen LogP contribution in [0, 0.1) is 5.82 Å². The van der Waals surface area contributed by atoms with E-state index in [0.717, 1.165) is 0 Å². The first-order valence-electron chi connectivity index (χ1n) is 10.6. The lowest BCUT2D eigenvalue weighted by molar-refractivity contribution is -0.555. The zero-order valence-electron chi connectivity index (χ0n) is 18.2. The van der Waals surface area contributed by atoms with Crippen molar-refractivity contribution in [3.05, 3.63) is 39.9 Å². The summed E-state index contributed by atoms with van der Waals surface area (Å²) in [5, 5.41) is 13.2. The Morgan fingerprint density at radius 3 is 2.70 bits per heavy atom. The lowest BCUT2D eigenvalue weighted by Gasteiger charge is -2.40. The molecule has 0 saturated carbocycles. The van der Waals surface area contributed by atoms with E-state index in [1.807, 2.05) is 4.90 Å². The standard InChI is InChI=1S/C21H25ClF3N6O2/c1-3-33-18-12(6-13(22)16(23)14(18)11-7-30(8-11)4-5-32)10(2)31-21-15(17(29-31)19(24)25)20(26)27-9-28-21/h6,9-11,17,19,32H,3-5,7-8H2,1-2H3,(H2,26,27,28)/q+1. The van der Waals surface area contributed by atoms with Gasteiger partial charge in [-0.3, -0.25) is 4.90 Å². The first-order chi connectivity index (χ1) is 15.8. The molecule has 33 heavy (non-hydrogen) atoms. The van der Waals surface area contributed by atoms with Gasteiger partial charge in [0.15, 0.2) is 6.04 Å². The maximum Gasteiger partial charge on any atom is 0.354 e. The molecule has 4 rings (SSSR count). The molecule has 8 nitrogen and oxygen atoms in total. The van der Waals surface area contributed by atoms with E-state index in [4.69, 9.17) is 27.2 Å². The normalized spacial score (nSPS) is 19.4. The summed E-state index contributed by atoms with van der Waals surface area (Å²) in [7, 11) is 0. The number of aliphatic hydroxyl groups is 1. The number of anilines is 1. The minimum atomic E-state index is -2.81. The molecule has 3 heterocycles. The lowest BCUT2D eigenvalue weighted by atomic mass is 9.87. The number of nitrogen functional groups attached to an aromatic ring is 1. The molecular weight excluding hydrogens is 461 g/mol. The van der Waals surface area contributed by atoms with Crippen LogP contribution in [0.15, 0.2) is 17.5 Å². The Morgan fingerprint density at radius 1 is 1.33 bits per heavy atom. The number of fused-ring (bicyclic) bond motifs is 1. The largest absolute Gasteiger partial charge is 0.493 e. The highest BCUT2D eigenvalue weighted by Crippen LogP contribution is 2.47. The molecular formula is C21H25ClF3N6O2+. The number of β-amino-alcohol motifs (C(OH)–C–C–N with tert-alkyl or cyclic N) is 1.